The zero-order chi connectivity index (χ0) is 26.1. The second-order valence-corrected chi connectivity index (χ2v) is 10.9. The number of fused-ring (bicyclic) bond motifs is 2. The maximum Gasteiger partial charge on any atom is 0.352 e. The van der Waals surface area contributed by atoms with E-state index in [0.717, 1.165) is 27.8 Å². The van der Waals surface area contributed by atoms with Crippen molar-refractivity contribution in [2.24, 2.45) is 0 Å². The molecule has 1 fully saturated rings. The van der Waals surface area contributed by atoms with Gasteiger partial charge in [0.1, 0.15) is 22.7 Å². The number of thioether (sulfide) groups is 1. The monoisotopic (exact) mass is 558 g/mol. The molecule has 2 aromatic rings. The zero-order valence-corrected chi connectivity index (χ0v) is 22.0. The number of carboxylic acids is 1. The van der Waals surface area contributed by atoms with Crippen molar-refractivity contribution in [2.75, 3.05) is 5.75 Å². The molecule has 3 atom stereocenters. The van der Waals surface area contributed by atoms with Gasteiger partial charge in [0.05, 0.1) is 13.0 Å². The van der Waals surface area contributed by atoms with Gasteiger partial charge in [-0.05, 0) is 33.4 Å². The number of nitrogens with zero attached hydrogens (tertiary/aromatic N) is 1. The molecular formula is C27H24Cl2N2O5S. The van der Waals surface area contributed by atoms with Crippen LogP contribution >= 0.6 is 35.0 Å². The van der Waals surface area contributed by atoms with E-state index in [1.807, 2.05) is 48.5 Å². The van der Waals surface area contributed by atoms with E-state index in [-0.39, 0.29) is 23.9 Å². The number of amides is 2. The van der Waals surface area contributed by atoms with E-state index < -0.39 is 28.9 Å². The number of rotatable bonds is 7. The molecule has 0 saturated carbocycles. The summed E-state index contributed by atoms with van der Waals surface area (Å²) in [6.45, 7) is 0.420. The van der Waals surface area contributed by atoms with E-state index in [4.69, 9.17) is 27.9 Å². The van der Waals surface area contributed by atoms with E-state index in [9.17, 15) is 19.5 Å². The summed E-state index contributed by atoms with van der Waals surface area (Å²) in [7, 11) is 0. The van der Waals surface area contributed by atoms with Gasteiger partial charge in [-0.15, -0.1) is 23.4 Å². The Labute approximate surface area is 228 Å². The van der Waals surface area contributed by atoms with Crippen molar-refractivity contribution < 1.29 is 24.2 Å². The van der Waals surface area contributed by atoms with Crippen molar-refractivity contribution >= 4 is 58.8 Å². The summed E-state index contributed by atoms with van der Waals surface area (Å²) in [6.07, 6.45) is 4.29. The molecule has 10 heteroatoms. The lowest BCUT2D eigenvalue weighted by Crippen LogP contribution is -2.70. The minimum absolute atomic E-state index is 0.0573. The zero-order valence-electron chi connectivity index (χ0n) is 19.7. The number of hydrogen-bond donors (Lipinski definition) is 2. The van der Waals surface area contributed by atoms with Crippen LogP contribution in [0.2, 0.25) is 0 Å². The van der Waals surface area contributed by atoms with E-state index in [1.165, 1.54) is 16.7 Å². The maximum absolute atomic E-state index is 12.9. The fraction of sp³-hybridized carbons (Fsp3) is 0.296. The van der Waals surface area contributed by atoms with Crippen LogP contribution in [0.25, 0.3) is 6.08 Å². The number of carbonyl (C=O) groups is 3. The topological polar surface area (TPSA) is 95.9 Å². The molecule has 0 bridgehead atoms. The smallest absolute Gasteiger partial charge is 0.352 e. The predicted molar refractivity (Wildman–Crippen MR) is 143 cm³/mol. The Hall–Kier alpha value is -2.78. The molecule has 37 heavy (non-hydrogen) atoms. The van der Waals surface area contributed by atoms with Gasteiger partial charge in [-0.1, -0.05) is 66.2 Å². The summed E-state index contributed by atoms with van der Waals surface area (Å²) in [5.41, 5.74) is 4.78. The molecule has 2 aromatic carbocycles. The maximum atomic E-state index is 12.9. The normalized spacial score (nSPS) is 22.9. The fourth-order valence-corrected chi connectivity index (χ4v) is 6.51. The SMILES string of the molecule is O=C(Cc1ccccc1)NC1C(=O)N2C(C(=O)O)=C(/C=C/c3cc4c(cc3CCl)COC(Cl)C4)CSC12. The van der Waals surface area contributed by atoms with Crippen LogP contribution in [-0.2, 0) is 44.4 Å². The molecule has 0 aromatic heterocycles. The first-order chi connectivity index (χ1) is 17.9. The first-order valence-corrected chi connectivity index (χ1v) is 13.8. The molecular weight excluding hydrogens is 535 g/mol. The van der Waals surface area contributed by atoms with E-state index in [1.54, 1.807) is 6.08 Å². The van der Waals surface area contributed by atoms with E-state index >= 15 is 0 Å². The first-order valence-electron chi connectivity index (χ1n) is 11.7. The Morgan fingerprint density at radius 3 is 2.70 bits per heavy atom. The minimum Gasteiger partial charge on any atom is -0.477 e. The van der Waals surface area contributed by atoms with Crippen LogP contribution in [0.4, 0.5) is 0 Å². The quantitative estimate of drug-likeness (QED) is 0.393. The van der Waals surface area contributed by atoms with Crippen molar-refractivity contribution in [3.63, 3.8) is 0 Å². The van der Waals surface area contributed by atoms with Gasteiger partial charge in [-0.3, -0.25) is 14.5 Å². The average Bonchev–Trinajstić information content (AvgIpc) is 2.89. The Balaban J connectivity index is 1.35. The van der Waals surface area contributed by atoms with Gasteiger partial charge in [0.2, 0.25) is 5.91 Å². The number of β-lactam (4-membered cyclic amide) rings is 1. The van der Waals surface area contributed by atoms with Gasteiger partial charge in [-0.2, -0.15) is 0 Å². The van der Waals surface area contributed by atoms with Crippen LogP contribution in [-0.4, -0.2) is 50.5 Å². The van der Waals surface area contributed by atoms with Crippen LogP contribution in [0.5, 0.6) is 0 Å². The summed E-state index contributed by atoms with van der Waals surface area (Å²) >= 11 is 13.8. The van der Waals surface area contributed by atoms with Crippen molar-refractivity contribution in [3.05, 3.63) is 87.6 Å². The standard InChI is InChI=1S/C27H24Cl2N2O5S/c28-12-19-10-20-13-36-21(29)11-18(20)9-16(19)6-7-17-14-37-26-23(25(33)31(26)24(17)27(34)35)30-22(32)8-15-4-2-1-3-5-15/h1-7,9-10,21,23,26H,8,11-14H2,(H,30,32)(H,34,35)/b7-6+. The van der Waals surface area contributed by atoms with Crippen LogP contribution in [0.15, 0.2) is 59.8 Å². The van der Waals surface area contributed by atoms with Gasteiger partial charge >= 0.3 is 5.97 Å². The highest BCUT2D eigenvalue weighted by molar-refractivity contribution is 8.00. The highest BCUT2D eigenvalue weighted by Gasteiger charge is 2.53. The molecule has 5 rings (SSSR count). The third kappa shape index (κ3) is 5.29. The van der Waals surface area contributed by atoms with Gasteiger partial charge in [-0.25, -0.2) is 4.79 Å². The van der Waals surface area contributed by atoms with Crippen LogP contribution in [0.3, 0.4) is 0 Å². The number of nitrogens with one attached hydrogen (secondary N) is 1. The Morgan fingerprint density at radius 1 is 1.19 bits per heavy atom. The number of hydrogen-bond acceptors (Lipinski definition) is 5. The molecule has 3 aliphatic heterocycles. The lowest BCUT2D eigenvalue weighted by molar-refractivity contribution is -0.150. The van der Waals surface area contributed by atoms with E-state index in [2.05, 4.69) is 5.32 Å². The fourth-order valence-electron chi connectivity index (χ4n) is 4.73. The number of carbonyl (C=O) groups excluding carboxylic acids is 2. The second-order valence-electron chi connectivity index (χ2n) is 9.01. The van der Waals surface area contributed by atoms with Gasteiger partial charge in [0.25, 0.3) is 5.91 Å². The molecule has 0 aliphatic carbocycles. The van der Waals surface area contributed by atoms with E-state index in [0.29, 0.717) is 24.4 Å². The summed E-state index contributed by atoms with van der Waals surface area (Å²) < 4.78 is 5.50. The third-order valence-electron chi connectivity index (χ3n) is 6.59. The summed E-state index contributed by atoms with van der Waals surface area (Å²) in [4.78, 5) is 38.9. The number of carboxylic acid groups (broad SMARTS) is 1. The van der Waals surface area contributed by atoms with Gasteiger partial charge in [0, 0.05) is 18.1 Å². The lowest BCUT2D eigenvalue weighted by Gasteiger charge is -2.49. The van der Waals surface area contributed by atoms with Crippen molar-refractivity contribution in [2.45, 2.75) is 42.3 Å². The highest BCUT2D eigenvalue weighted by atomic mass is 35.5. The Bertz CT molecular complexity index is 1310. The number of benzene rings is 2. The molecule has 2 N–H and O–H groups in total. The number of ether oxygens (including phenoxy) is 1. The first kappa shape index (κ1) is 25.9. The summed E-state index contributed by atoms with van der Waals surface area (Å²) in [5, 5.41) is 12.3. The molecule has 192 valence electrons. The molecule has 3 aliphatic rings. The minimum atomic E-state index is -1.18. The molecule has 2 amide bonds. The second kappa shape index (κ2) is 10.9. The van der Waals surface area contributed by atoms with Gasteiger partial charge < -0.3 is 15.2 Å². The van der Waals surface area contributed by atoms with Crippen LogP contribution in [0.1, 0.15) is 27.8 Å². The molecule has 7 nitrogen and oxygen atoms in total. The number of aliphatic carboxylic acids is 1. The molecule has 3 unspecified atom stereocenters. The predicted octanol–water partition coefficient (Wildman–Crippen LogP) is 4.06. The van der Waals surface area contributed by atoms with Crippen molar-refractivity contribution in [3.8, 4) is 0 Å². The lowest BCUT2D eigenvalue weighted by atomic mass is 9.95. The van der Waals surface area contributed by atoms with Crippen molar-refractivity contribution in [1.82, 2.24) is 10.2 Å². The number of alkyl halides is 2. The Morgan fingerprint density at radius 2 is 1.97 bits per heavy atom. The Kier molecular flexibility index (Phi) is 7.62. The number of halogens is 2. The largest absolute Gasteiger partial charge is 0.477 e. The average molecular weight is 559 g/mol. The van der Waals surface area contributed by atoms with Gasteiger partial charge in [0.15, 0.2) is 0 Å². The molecule has 0 spiro atoms. The third-order valence-corrected chi connectivity index (χ3v) is 8.46. The summed E-state index contributed by atoms with van der Waals surface area (Å²) in [5.74, 6) is -1.21. The van der Waals surface area contributed by atoms with Crippen LogP contribution < -0.4 is 5.32 Å². The molecule has 3 heterocycles. The number of allylic oxidation sites excluding steroid dienone is 1. The van der Waals surface area contributed by atoms with Crippen molar-refractivity contribution in [1.29, 1.82) is 0 Å². The highest BCUT2D eigenvalue weighted by Crippen LogP contribution is 2.41. The molecule has 0 radical (unpaired) electrons. The van der Waals surface area contributed by atoms with Crippen LogP contribution in [0, 0.1) is 0 Å². The molecule has 1 saturated heterocycles. The summed E-state index contributed by atoms with van der Waals surface area (Å²) in [6, 6.07) is 12.5.